The Hall–Kier alpha value is -0.690. The number of nitrogens with zero attached hydrogens (tertiary/aromatic N) is 2. The summed E-state index contributed by atoms with van der Waals surface area (Å²) in [5, 5.41) is 6.43. The van der Waals surface area contributed by atoms with Crippen LogP contribution in [0.4, 0.5) is 5.95 Å². The predicted molar refractivity (Wildman–Crippen MR) is 60.1 cm³/mol. The molecule has 0 saturated carbocycles. The first-order valence-corrected chi connectivity index (χ1v) is 6.38. The zero-order valence-corrected chi connectivity index (χ0v) is 9.82. The molecule has 2 unspecified atom stereocenters. The first-order chi connectivity index (χ1) is 6.52. The molecule has 1 aromatic rings. The molecule has 3 N–H and O–H groups in total. The van der Waals surface area contributed by atoms with Crippen LogP contribution >= 0.6 is 12.2 Å². The Morgan fingerprint density at radius 2 is 2.43 bits per heavy atom. The number of nitrogen functional groups attached to an aromatic ring is 1. The van der Waals surface area contributed by atoms with E-state index >= 15 is 0 Å². The standard InChI is InChI=1S/C7H14N4OS2/c1-5(3-4-14(2)12)11-6(8)9-10-7(11)13/h5H,3-4H2,1-2H3,(H2,8,9)(H,10,13). The zero-order chi connectivity index (χ0) is 10.7. The van der Waals surface area contributed by atoms with Gasteiger partial charge >= 0.3 is 0 Å². The third-order valence-corrected chi connectivity index (χ3v) is 3.09. The van der Waals surface area contributed by atoms with Crippen molar-refractivity contribution < 1.29 is 4.21 Å². The zero-order valence-electron chi connectivity index (χ0n) is 8.19. The van der Waals surface area contributed by atoms with Crippen LogP contribution in [-0.4, -0.2) is 31.0 Å². The molecule has 7 heteroatoms. The van der Waals surface area contributed by atoms with Crippen molar-refractivity contribution >= 4 is 29.0 Å². The molecule has 0 fully saturated rings. The molecule has 0 saturated heterocycles. The fourth-order valence-electron chi connectivity index (χ4n) is 1.21. The van der Waals surface area contributed by atoms with Crippen LogP contribution in [0.1, 0.15) is 19.4 Å². The highest BCUT2D eigenvalue weighted by atomic mass is 32.2. The maximum absolute atomic E-state index is 10.9. The second kappa shape index (κ2) is 4.70. The molecule has 1 heterocycles. The van der Waals surface area contributed by atoms with Gasteiger partial charge in [0, 0.05) is 28.9 Å². The number of nitrogens with one attached hydrogen (secondary N) is 1. The van der Waals surface area contributed by atoms with E-state index in [2.05, 4.69) is 10.2 Å². The number of hydrogen-bond donors (Lipinski definition) is 2. The van der Waals surface area contributed by atoms with Crippen LogP contribution in [0.15, 0.2) is 0 Å². The van der Waals surface area contributed by atoms with Gasteiger partial charge in [-0.3, -0.25) is 8.78 Å². The van der Waals surface area contributed by atoms with Gasteiger partial charge in [0.25, 0.3) is 0 Å². The molecule has 5 nitrogen and oxygen atoms in total. The van der Waals surface area contributed by atoms with Crippen LogP contribution in [0, 0.1) is 4.77 Å². The summed E-state index contributed by atoms with van der Waals surface area (Å²) in [6.45, 7) is 1.98. The second-order valence-electron chi connectivity index (χ2n) is 3.17. The Labute approximate surface area is 90.2 Å². The predicted octanol–water partition coefficient (Wildman–Crippen LogP) is 0.852. The molecular formula is C7H14N4OS2. The molecule has 1 rings (SSSR count). The van der Waals surface area contributed by atoms with E-state index in [0.29, 0.717) is 16.5 Å². The van der Waals surface area contributed by atoms with E-state index in [-0.39, 0.29) is 6.04 Å². The lowest BCUT2D eigenvalue weighted by molar-refractivity contribution is 0.531. The molecule has 0 aromatic carbocycles. The number of hydrogen-bond acceptors (Lipinski definition) is 4. The number of aromatic nitrogens is 3. The SMILES string of the molecule is CC(CCS(C)=O)n1c(N)n[nH]c1=S. The second-order valence-corrected chi connectivity index (χ2v) is 5.11. The molecule has 0 aliphatic rings. The molecule has 0 aliphatic carbocycles. The molecule has 0 spiro atoms. The summed E-state index contributed by atoms with van der Waals surface area (Å²) in [5.41, 5.74) is 5.63. The largest absolute Gasteiger partial charge is 0.368 e. The smallest absolute Gasteiger partial charge is 0.220 e. The molecule has 0 amide bonds. The Bertz CT molecular complexity index is 383. The van der Waals surface area contributed by atoms with E-state index in [1.165, 1.54) is 0 Å². The molecule has 0 aliphatic heterocycles. The number of aromatic amines is 1. The molecular weight excluding hydrogens is 220 g/mol. The number of anilines is 1. The van der Waals surface area contributed by atoms with Crippen LogP contribution < -0.4 is 5.73 Å². The van der Waals surface area contributed by atoms with Crippen LogP contribution in [0.2, 0.25) is 0 Å². The monoisotopic (exact) mass is 234 g/mol. The van der Waals surface area contributed by atoms with Crippen LogP contribution in [0.3, 0.4) is 0 Å². The lowest BCUT2D eigenvalue weighted by Crippen LogP contribution is -2.11. The van der Waals surface area contributed by atoms with Gasteiger partial charge in [-0.15, -0.1) is 5.10 Å². The fraction of sp³-hybridized carbons (Fsp3) is 0.714. The van der Waals surface area contributed by atoms with Gasteiger partial charge in [-0.25, -0.2) is 5.10 Å². The van der Waals surface area contributed by atoms with Gasteiger partial charge in [-0.05, 0) is 25.6 Å². The number of H-pyrrole nitrogens is 1. The maximum Gasteiger partial charge on any atom is 0.220 e. The summed E-state index contributed by atoms with van der Waals surface area (Å²) in [5.74, 6) is 1.03. The molecule has 14 heavy (non-hydrogen) atoms. The van der Waals surface area contributed by atoms with Crippen molar-refractivity contribution in [3.8, 4) is 0 Å². The van der Waals surface area contributed by atoms with E-state index in [1.54, 1.807) is 10.8 Å². The lowest BCUT2D eigenvalue weighted by atomic mass is 10.2. The highest BCUT2D eigenvalue weighted by Crippen LogP contribution is 2.14. The highest BCUT2D eigenvalue weighted by molar-refractivity contribution is 7.84. The average Bonchev–Trinajstić information content (AvgIpc) is 2.42. The minimum Gasteiger partial charge on any atom is -0.368 e. The van der Waals surface area contributed by atoms with Gasteiger partial charge in [0.05, 0.1) is 0 Å². The van der Waals surface area contributed by atoms with Crippen molar-refractivity contribution in [3.05, 3.63) is 4.77 Å². The Morgan fingerprint density at radius 1 is 1.79 bits per heavy atom. The van der Waals surface area contributed by atoms with E-state index in [0.717, 1.165) is 6.42 Å². The van der Waals surface area contributed by atoms with E-state index < -0.39 is 10.8 Å². The molecule has 0 radical (unpaired) electrons. The first-order valence-electron chi connectivity index (χ1n) is 4.24. The quantitative estimate of drug-likeness (QED) is 0.757. The van der Waals surface area contributed by atoms with Crippen molar-refractivity contribution in [1.82, 2.24) is 14.8 Å². The van der Waals surface area contributed by atoms with E-state index in [4.69, 9.17) is 18.0 Å². The third-order valence-electron chi connectivity index (χ3n) is 2.00. The topological polar surface area (TPSA) is 76.7 Å². The Morgan fingerprint density at radius 3 is 2.86 bits per heavy atom. The van der Waals surface area contributed by atoms with Gasteiger partial charge in [-0.2, -0.15) is 0 Å². The summed E-state index contributed by atoms with van der Waals surface area (Å²) in [6.07, 6.45) is 2.46. The highest BCUT2D eigenvalue weighted by Gasteiger charge is 2.10. The minimum absolute atomic E-state index is 0.130. The Balaban J connectivity index is 2.74. The van der Waals surface area contributed by atoms with Gasteiger partial charge in [-0.1, -0.05) is 0 Å². The fourth-order valence-corrected chi connectivity index (χ4v) is 2.20. The van der Waals surface area contributed by atoms with Crippen LogP contribution in [0.25, 0.3) is 0 Å². The maximum atomic E-state index is 10.9. The van der Waals surface area contributed by atoms with Crippen LogP contribution in [0.5, 0.6) is 0 Å². The summed E-state index contributed by atoms with van der Waals surface area (Å²) >= 11 is 5.02. The van der Waals surface area contributed by atoms with Crippen molar-refractivity contribution in [1.29, 1.82) is 0 Å². The summed E-state index contributed by atoms with van der Waals surface area (Å²) in [4.78, 5) is 0. The molecule has 2 atom stereocenters. The number of rotatable bonds is 4. The summed E-state index contributed by atoms with van der Waals surface area (Å²) in [6, 6.07) is 0.130. The van der Waals surface area contributed by atoms with Gasteiger partial charge in [0.2, 0.25) is 5.95 Å². The summed E-state index contributed by atoms with van der Waals surface area (Å²) in [7, 11) is -0.780. The van der Waals surface area contributed by atoms with Crippen molar-refractivity contribution in [2.24, 2.45) is 0 Å². The van der Waals surface area contributed by atoms with E-state index in [9.17, 15) is 4.21 Å². The lowest BCUT2D eigenvalue weighted by Gasteiger charge is -2.12. The number of nitrogens with two attached hydrogens (primary N) is 1. The average molecular weight is 234 g/mol. The van der Waals surface area contributed by atoms with E-state index in [1.807, 2.05) is 6.92 Å². The van der Waals surface area contributed by atoms with Gasteiger partial charge in [0.15, 0.2) is 4.77 Å². The van der Waals surface area contributed by atoms with Crippen molar-refractivity contribution in [2.75, 3.05) is 17.7 Å². The normalized spacial score (nSPS) is 15.3. The van der Waals surface area contributed by atoms with Crippen molar-refractivity contribution in [2.45, 2.75) is 19.4 Å². The third kappa shape index (κ3) is 2.65. The summed E-state index contributed by atoms with van der Waals surface area (Å²) < 4.78 is 13.2. The molecule has 80 valence electrons. The van der Waals surface area contributed by atoms with Crippen LogP contribution in [-0.2, 0) is 10.8 Å². The molecule has 0 bridgehead atoms. The first kappa shape index (κ1) is 11.4. The minimum atomic E-state index is -0.780. The van der Waals surface area contributed by atoms with Crippen molar-refractivity contribution in [3.63, 3.8) is 0 Å². The van der Waals surface area contributed by atoms with Gasteiger partial charge in [0.1, 0.15) is 0 Å². The van der Waals surface area contributed by atoms with Gasteiger partial charge < -0.3 is 5.73 Å². The Kier molecular flexibility index (Phi) is 3.82. The molecule has 1 aromatic heterocycles.